The van der Waals surface area contributed by atoms with Crippen LogP contribution >= 0.6 is 0 Å². The highest BCUT2D eigenvalue weighted by molar-refractivity contribution is 5.80. The number of nitrogens with zero attached hydrogens (tertiary/aromatic N) is 6. The SMILES string of the molecule is CC[C@@H]1CC(N(Cc2cc(C(F)(F)F)cc(C(F)(F)F)c2)c2ncc(C3C=NN(C)C3)cn2)C[C@H](CC)N1C(=O)C1CCC(CC(=O)O)CC1. The van der Waals surface area contributed by atoms with Gasteiger partial charge >= 0.3 is 18.3 Å². The maximum Gasteiger partial charge on any atom is 0.416 e. The largest absolute Gasteiger partial charge is 0.481 e. The summed E-state index contributed by atoms with van der Waals surface area (Å²) in [5.74, 6) is -0.893. The fourth-order valence-electron chi connectivity index (χ4n) is 7.77. The van der Waals surface area contributed by atoms with E-state index >= 15 is 0 Å². The van der Waals surface area contributed by atoms with Gasteiger partial charge in [0.2, 0.25) is 11.9 Å². The normalized spacial score (nSPS) is 25.9. The molecule has 50 heavy (non-hydrogen) atoms. The van der Waals surface area contributed by atoms with Crippen molar-refractivity contribution in [1.82, 2.24) is 19.9 Å². The monoisotopic (exact) mass is 710 g/mol. The van der Waals surface area contributed by atoms with E-state index in [9.17, 15) is 41.0 Å². The Kier molecular flexibility index (Phi) is 11.3. The molecule has 3 aliphatic rings. The Morgan fingerprint density at radius 3 is 1.92 bits per heavy atom. The Morgan fingerprint density at radius 1 is 0.900 bits per heavy atom. The molecule has 1 aromatic carbocycles. The van der Waals surface area contributed by atoms with Gasteiger partial charge in [0.25, 0.3) is 0 Å². The Labute approximate surface area is 287 Å². The Balaban J connectivity index is 1.46. The van der Waals surface area contributed by atoms with Crippen molar-refractivity contribution in [2.24, 2.45) is 16.9 Å². The standard InChI is InChI=1S/C35H44F6N6O3/c1-4-28-14-30(15-29(5-2)47(28)32(50)23-8-6-21(7-9-23)12-31(48)49)46(33-42-16-24(17-43-33)25-18-44-45(3)20-25)19-22-10-26(34(36,37)38)13-27(11-22)35(39,40)41/h10-11,13,16-18,21,23,25,28-30H,4-9,12,14-15,19-20H2,1-3H3,(H,48,49)/t21?,23?,25?,28-,29+,30?. The number of rotatable bonds is 10. The zero-order valence-electron chi connectivity index (χ0n) is 28.4. The first-order valence-electron chi connectivity index (χ1n) is 17.2. The second-order valence-corrected chi connectivity index (χ2v) is 13.9. The van der Waals surface area contributed by atoms with Crippen LogP contribution in [0.3, 0.4) is 0 Å². The van der Waals surface area contributed by atoms with Crippen molar-refractivity contribution in [2.45, 2.75) is 115 Å². The van der Waals surface area contributed by atoms with Crippen LogP contribution in [-0.4, -0.2) is 74.8 Å². The number of anilines is 1. The van der Waals surface area contributed by atoms with Gasteiger partial charge in [-0.1, -0.05) is 13.8 Å². The summed E-state index contributed by atoms with van der Waals surface area (Å²) in [6.45, 7) is 4.23. The number of hydrazone groups is 1. The van der Waals surface area contributed by atoms with Crippen molar-refractivity contribution in [2.75, 3.05) is 18.5 Å². The predicted octanol–water partition coefficient (Wildman–Crippen LogP) is 7.36. The number of carboxylic acids is 1. The molecular formula is C35H44F6N6O3. The summed E-state index contributed by atoms with van der Waals surface area (Å²) in [4.78, 5) is 38.1. The zero-order chi connectivity index (χ0) is 36.4. The number of likely N-dealkylation sites (tertiary alicyclic amines) is 1. The first kappa shape index (κ1) is 37.3. The summed E-state index contributed by atoms with van der Waals surface area (Å²) in [6.07, 6.45) is -0.339. The smallest absolute Gasteiger partial charge is 0.416 e. The maximum absolute atomic E-state index is 14.1. The Bertz CT molecular complexity index is 1480. The van der Waals surface area contributed by atoms with Crippen LogP contribution in [0.1, 0.15) is 99.8 Å². The van der Waals surface area contributed by atoms with Gasteiger partial charge < -0.3 is 14.9 Å². The number of carbonyl (C=O) groups is 2. The van der Waals surface area contributed by atoms with Crippen LogP contribution in [0.25, 0.3) is 0 Å². The zero-order valence-corrected chi connectivity index (χ0v) is 28.4. The highest BCUT2D eigenvalue weighted by atomic mass is 19.4. The summed E-state index contributed by atoms with van der Waals surface area (Å²) >= 11 is 0. The molecule has 1 amide bonds. The van der Waals surface area contributed by atoms with Gasteiger partial charge in [-0.2, -0.15) is 31.4 Å². The van der Waals surface area contributed by atoms with Crippen LogP contribution in [-0.2, 0) is 28.5 Å². The van der Waals surface area contributed by atoms with Crippen LogP contribution < -0.4 is 4.90 Å². The van der Waals surface area contributed by atoms with Crippen LogP contribution in [0.5, 0.6) is 0 Å². The number of carboxylic acid groups (broad SMARTS) is 1. The second kappa shape index (κ2) is 15.1. The molecule has 4 atom stereocenters. The summed E-state index contributed by atoms with van der Waals surface area (Å²) in [7, 11) is 1.83. The van der Waals surface area contributed by atoms with Crippen LogP contribution in [0.2, 0.25) is 0 Å². The highest BCUT2D eigenvalue weighted by Crippen LogP contribution is 2.40. The van der Waals surface area contributed by atoms with Crippen LogP contribution in [0, 0.1) is 11.8 Å². The van der Waals surface area contributed by atoms with E-state index in [1.807, 2.05) is 25.8 Å². The molecule has 2 unspecified atom stereocenters. The van der Waals surface area contributed by atoms with Crippen LogP contribution in [0.4, 0.5) is 32.3 Å². The number of likely N-dealkylation sites (N-methyl/N-ethyl adjacent to an activating group) is 1. The molecule has 1 saturated carbocycles. The van der Waals surface area contributed by atoms with Crippen molar-refractivity contribution >= 4 is 24.0 Å². The molecular weight excluding hydrogens is 666 g/mol. The molecule has 1 saturated heterocycles. The third kappa shape index (κ3) is 8.68. The number of aromatic nitrogens is 2. The van der Waals surface area contributed by atoms with E-state index in [1.165, 1.54) is 0 Å². The third-order valence-electron chi connectivity index (χ3n) is 10.4. The second-order valence-electron chi connectivity index (χ2n) is 13.9. The van der Waals surface area contributed by atoms with Gasteiger partial charge in [-0.15, -0.1) is 0 Å². The molecule has 0 bridgehead atoms. The summed E-state index contributed by atoms with van der Waals surface area (Å²) < 4.78 is 83.0. The first-order valence-corrected chi connectivity index (χ1v) is 17.2. The number of alkyl halides is 6. The van der Waals surface area contributed by atoms with E-state index in [4.69, 9.17) is 0 Å². The molecule has 2 fully saturated rings. The highest BCUT2D eigenvalue weighted by Gasteiger charge is 2.43. The quantitative estimate of drug-likeness (QED) is 0.257. The van der Waals surface area contributed by atoms with Gasteiger partial charge in [0.15, 0.2) is 0 Å². The molecule has 3 heterocycles. The number of halogens is 6. The van der Waals surface area contributed by atoms with Crippen molar-refractivity contribution in [1.29, 1.82) is 0 Å². The van der Waals surface area contributed by atoms with E-state index < -0.39 is 35.5 Å². The van der Waals surface area contributed by atoms with Gasteiger partial charge in [0, 0.05) is 75.1 Å². The number of hydrogen-bond acceptors (Lipinski definition) is 7. The van der Waals surface area contributed by atoms with Gasteiger partial charge in [-0.05, 0) is 86.6 Å². The number of benzene rings is 1. The molecule has 5 rings (SSSR count). The van der Waals surface area contributed by atoms with Crippen LogP contribution in [0.15, 0.2) is 35.7 Å². The number of piperidine rings is 1. The third-order valence-corrected chi connectivity index (χ3v) is 10.4. The van der Waals surface area contributed by atoms with Crippen molar-refractivity contribution in [3.63, 3.8) is 0 Å². The fraction of sp³-hybridized carbons (Fsp3) is 0.629. The summed E-state index contributed by atoms with van der Waals surface area (Å²) in [5.41, 5.74) is -2.18. The minimum atomic E-state index is -4.99. The number of aliphatic carboxylic acids is 1. The van der Waals surface area contributed by atoms with E-state index in [2.05, 4.69) is 15.1 Å². The lowest BCUT2D eigenvalue weighted by molar-refractivity contribution is -0.145. The molecule has 2 aromatic rings. The number of carbonyl (C=O) groups excluding carboxylic acids is 1. The van der Waals surface area contributed by atoms with E-state index in [1.54, 1.807) is 28.5 Å². The molecule has 0 radical (unpaired) electrons. The Hall–Kier alpha value is -3.91. The first-order chi connectivity index (χ1) is 23.6. The molecule has 2 aliphatic heterocycles. The molecule has 1 aliphatic carbocycles. The average Bonchev–Trinajstić information content (AvgIpc) is 3.51. The average molecular weight is 711 g/mol. The minimum absolute atomic E-state index is 0.0268. The summed E-state index contributed by atoms with van der Waals surface area (Å²) in [6, 6.07) is 0.752. The van der Waals surface area contributed by atoms with E-state index in [-0.39, 0.29) is 66.3 Å². The Morgan fingerprint density at radius 2 is 1.46 bits per heavy atom. The van der Waals surface area contributed by atoms with Crippen molar-refractivity contribution in [3.05, 3.63) is 52.8 Å². The number of hydrogen-bond donors (Lipinski definition) is 1. The predicted molar refractivity (Wildman–Crippen MR) is 174 cm³/mol. The lowest BCUT2D eigenvalue weighted by Crippen LogP contribution is -2.58. The summed E-state index contributed by atoms with van der Waals surface area (Å²) in [5, 5.41) is 15.2. The molecule has 274 valence electrons. The van der Waals surface area contributed by atoms with E-state index in [0.717, 1.165) is 17.7 Å². The molecule has 0 spiro atoms. The molecule has 1 aromatic heterocycles. The van der Waals surface area contributed by atoms with Gasteiger partial charge in [0.05, 0.1) is 11.1 Å². The van der Waals surface area contributed by atoms with Gasteiger partial charge in [-0.3, -0.25) is 14.6 Å². The molecule has 1 N–H and O–H groups in total. The lowest BCUT2D eigenvalue weighted by Gasteiger charge is -2.49. The van der Waals surface area contributed by atoms with Gasteiger partial charge in [-0.25, -0.2) is 9.97 Å². The van der Waals surface area contributed by atoms with Crippen molar-refractivity contribution in [3.8, 4) is 0 Å². The minimum Gasteiger partial charge on any atom is -0.481 e. The fourth-order valence-corrected chi connectivity index (χ4v) is 7.77. The van der Waals surface area contributed by atoms with E-state index in [0.29, 0.717) is 57.9 Å². The topological polar surface area (TPSA) is 102 Å². The molecule has 15 heteroatoms. The van der Waals surface area contributed by atoms with Gasteiger partial charge in [0.1, 0.15) is 0 Å². The molecule has 9 nitrogen and oxygen atoms in total. The number of amides is 1. The van der Waals surface area contributed by atoms with Crippen molar-refractivity contribution < 1.29 is 41.0 Å². The lowest BCUT2D eigenvalue weighted by atomic mass is 9.78. The maximum atomic E-state index is 14.1.